The lowest BCUT2D eigenvalue weighted by Crippen LogP contribution is -2.26. The normalized spacial score (nSPS) is 12.1. The Hall–Kier alpha value is -1.84. The summed E-state index contributed by atoms with van der Waals surface area (Å²) in [6, 6.07) is 19.2. The Bertz CT molecular complexity index is 523. The third-order valence-electron chi connectivity index (χ3n) is 3.60. The van der Waals surface area contributed by atoms with E-state index in [1.807, 2.05) is 20.2 Å². The minimum absolute atomic E-state index is 0.154. The maximum absolute atomic E-state index is 9.08. The lowest BCUT2D eigenvalue weighted by Gasteiger charge is -2.20. The van der Waals surface area contributed by atoms with Crippen molar-refractivity contribution in [2.45, 2.75) is 12.5 Å². The molecule has 3 nitrogen and oxygen atoms in total. The first-order valence-corrected chi connectivity index (χ1v) is 7.36. The summed E-state index contributed by atoms with van der Waals surface area (Å²) in [5, 5.41) is 12.5. The first-order chi connectivity index (χ1) is 10.2. The van der Waals surface area contributed by atoms with Gasteiger partial charge in [0, 0.05) is 32.4 Å². The van der Waals surface area contributed by atoms with Crippen LogP contribution in [0.15, 0.2) is 54.6 Å². The van der Waals surface area contributed by atoms with Crippen molar-refractivity contribution in [1.82, 2.24) is 5.32 Å². The van der Waals surface area contributed by atoms with Gasteiger partial charge in [-0.05, 0) is 29.7 Å². The van der Waals surface area contributed by atoms with Crippen LogP contribution in [0.2, 0.25) is 0 Å². The molecule has 1 atom stereocenters. The number of hydrogen-bond acceptors (Lipinski definition) is 3. The van der Waals surface area contributed by atoms with Gasteiger partial charge in [-0.15, -0.1) is 0 Å². The second-order valence-electron chi connectivity index (χ2n) is 5.41. The third kappa shape index (κ3) is 4.59. The minimum atomic E-state index is 0.154. The average Bonchev–Trinajstić information content (AvgIpc) is 2.52. The van der Waals surface area contributed by atoms with Gasteiger partial charge in [-0.2, -0.15) is 0 Å². The summed E-state index contributed by atoms with van der Waals surface area (Å²) in [5.41, 5.74) is 3.74. The summed E-state index contributed by atoms with van der Waals surface area (Å²) in [5.74, 6) is 0. The van der Waals surface area contributed by atoms with Crippen molar-refractivity contribution in [3.05, 3.63) is 65.7 Å². The molecule has 2 aromatic rings. The quantitative estimate of drug-likeness (QED) is 0.820. The van der Waals surface area contributed by atoms with E-state index in [4.69, 9.17) is 5.11 Å². The summed E-state index contributed by atoms with van der Waals surface area (Å²) in [7, 11) is 4.08. The molecule has 2 rings (SSSR count). The van der Waals surface area contributed by atoms with E-state index < -0.39 is 0 Å². The highest BCUT2D eigenvalue weighted by atomic mass is 16.3. The lowest BCUT2D eigenvalue weighted by molar-refractivity contribution is 0.284. The first-order valence-electron chi connectivity index (χ1n) is 7.36. The van der Waals surface area contributed by atoms with Crippen LogP contribution in [-0.2, 0) is 6.42 Å². The molecular weight excluding hydrogens is 260 g/mol. The minimum Gasteiger partial charge on any atom is -0.395 e. The molecule has 0 radical (unpaired) electrons. The van der Waals surface area contributed by atoms with Gasteiger partial charge in [0.25, 0.3) is 0 Å². The average molecular weight is 284 g/mol. The zero-order valence-electron chi connectivity index (χ0n) is 12.8. The van der Waals surface area contributed by atoms with Crippen LogP contribution >= 0.6 is 0 Å². The van der Waals surface area contributed by atoms with Crippen molar-refractivity contribution in [3.8, 4) is 0 Å². The number of aliphatic hydroxyl groups is 1. The molecule has 2 N–H and O–H groups in total. The fourth-order valence-electron chi connectivity index (χ4n) is 2.40. The summed E-state index contributed by atoms with van der Waals surface area (Å²) in [4.78, 5) is 2.09. The number of anilines is 1. The van der Waals surface area contributed by atoms with Crippen molar-refractivity contribution in [3.63, 3.8) is 0 Å². The highest BCUT2D eigenvalue weighted by molar-refractivity contribution is 5.46. The standard InChI is InChI=1S/C18H24N2O/c1-20(2)17-10-8-16(9-11-17)18(19-12-13-21)14-15-6-4-3-5-7-15/h3-11,18-19,21H,12-14H2,1-2H3. The van der Waals surface area contributed by atoms with Crippen LogP contribution in [0.4, 0.5) is 5.69 Å². The van der Waals surface area contributed by atoms with Gasteiger partial charge in [-0.1, -0.05) is 42.5 Å². The Balaban J connectivity index is 2.14. The molecule has 0 aliphatic heterocycles. The largest absolute Gasteiger partial charge is 0.395 e. The van der Waals surface area contributed by atoms with Crippen LogP contribution in [0.1, 0.15) is 17.2 Å². The number of hydrogen-bond donors (Lipinski definition) is 2. The molecule has 0 aromatic heterocycles. The second-order valence-corrected chi connectivity index (χ2v) is 5.41. The van der Waals surface area contributed by atoms with Crippen LogP contribution in [0, 0.1) is 0 Å². The number of nitrogens with zero attached hydrogens (tertiary/aromatic N) is 1. The van der Waals surface area contributed by atoms with Gasteiger partial charge in [-0.25, -0.2) is 0 Å². The summed E-state index contributed by atoms with van der Waals surface area (Å²) in [6.45, 7) is 0.758. The van der Waals surface area contributed by atoms with Gasteiger partial charge in [0.05, 0.1) is 6.61 Å². The molecule has 112 valence electrons. The summed E-state index contributed by atoms with van der Waals surface area (Å²) in [6.07, 6.45) is 0.919. The number of rotatable bonds is 7. The van der Waals surface area contributed by atoms with Gasteiger partial charge in [0.2, 0.25) is 0 Å². The fourth-order valence-corrected chi connectivity index (χ4v) is 2.40. The van der Waals surface area contributed by atoms with E-state index in [1.54, 1.807) is 0 Å². The van der Waals surface area contributed by atoms with Crippen LogP contribution < -0.4 is 10.2 Å². The molecular formula is C18H24N2O. The van der Waals surface area contributed by atoms with Crippen LogP contribution in [0.25, 0.3) is 0 Å². The van der Waals surface area contributed by atoms with Gasteiger partial charge < -0.3 is 15.3 Å². The monoisotopic (exact) mass is 284 g/mol. The highest BCUT2D eigenvalue weighted by Gasteiger charge is 2.11. The Morgan fingerprint density at radius 3 is 2.24 bits per heavy atom. The molecule has 0 fully saturated rings. The summed E-state index contributed by atoms with van der Waals surface area (Å²) < 4.78 is 0. The Kier molecular flexibility index (Phi) is 5.78. The Morgan fingerprint density at radius 1 is 1.00 bits per heavy atom. The Morgan fingerprint density at radius 2 is 1.67 bits per heavy atom. The molecule has 1 unspecified atom stereocenters. The van der Waals surface area contributed by atoms with Crippen molar-refractivity contribution >= 4 is 5.69 Å². The van der Waals surface area contributed by atoms with Crippen LogP contribution in [-0.4, -0.2) is 32.4 Å². The molecule has 0 aliphatic rings. The molecule has 2 aromatic carbocycles. The highest BCUT2D eigenvalue weighted by Crippen LogP contribution is 2.21. The maximum Gasteiger partial charge on any atom is 0.0556 e. The predicted molar refractivity (Wildman–Crippen MR) is 88.7 cm³/mol. The first kappa shape index (κ1) is 15.5. The van der Waals surface area contributed by atoms with E-state index in [-0.39, 0.29) is 12.6 Å². The van der Waals surface area contributed by atoms with Gasteiger partial charge in [0.1, 0.15) is 0 Å². The van der Waals surface area contributed by atoms with E-state index in [9.17, 15) is 0 Å². The van der Waals surface area contributed by atoms with E-state index in [0.29, 0.717) is 6.54 Å². The van der Waals surface area contributed by atoms with Crippen molar-refractivity contribution in [2.75, 3.05) is 32.1 Å². The molecule has 0 saturated carbocycles. The van der Waals surface area contributed by atoms with E-state index in [1.165, 1.54) is 16.8 Å². The second kappa shape index (κ2) is 7.81. The SMILES string of the molecule is CN(C)c1ccc(C(Cc2ccccc2)NCCO)cc1. The molecule has 3 heteroatoms. The van der Waals surface area contributed by atoms with Crippen molar-refractivity contribution in [1.29, 1.82) is 0 Å². The zero-order chi connectivity index (χ0) is 15.1. The zero-order valence-corrected chi connectivity index (χ0v) is 12.8. The molecule has 21 heavy (non-hydrogen) atoms. The fraction of sp³-hybridized carbons (Fsp3) is 0.333. The van der Waals surface area contributed by atoms with E-state index in [0.717, 1.165) is 6.42 Å². The predicted octanol–water partition coefficient (Wildman–Crippen LogP) is 2.62. The molecule has 0 spiro atoms. The van der Waals surface area contributed by atoms with Crippen LogP contribution in [0.5, 0.6) is 0 Å². The summed E-state index contributed by atoms with van der Waals surface area (Å²) >= 11 is 0. The van der Waals surface area contributed by atoms with Gasteiger partial charge >= 0.3 is 0 Å². The lowest BCUT2D eigenvalue weighted by atomic mass is 9.98. The van der Waals surface area contributed by atoms with E-state index in [2.05, 4.69) is 58.7 Å². The van der Waals surface area contributed by atoms with E-state index >= 15 is 0 Å². The maximum atomic E-state index is 9.08. The third-order valence-corrected chi connectivity index (χ3v) is 3.60. The van der Waals surface area contributed by atoms with Crippen LogP contribution in [0.3, 0.4) is 0 Å². The molecule has 0 amide bonds. The Labute approximate surface area is 127 Å². The molecule has 0 bridgehead atoms. The van der Waals surface area contributed by atoms with Crippen molar-refractivity contribution in [2.24, 2.45) is 0 Å². The molecule has 0 aliphatic carbocycles. The van der Waals surface area contributed by atoms with Gasteiger partial charge in [-0.3, -0.25) is 0 Å². The smallest absolute Gasteiger partial charge is 0.0556 e. The molecule has 0 saturated heterocycles. The molecule has 0 heterocycles. The van der Waals surface area contributed by atoms with Gasteiger partial charge in [0.15, 0.2) is 0 Å². The van der Waals surface area contributed by atoms with Crippen molar-refractivity contribution < 1.29 is 5.11 Å². The number of nitrogens with one attached hydrogen (secondary N) is 1. The number of benzene rings is 2. The number of aliphatic hydroxyl groups excluding tert-OH is 1. The topological polar surface area (TPSA) is 35.5 Å².